The van der Waals surface area contributed by atoms with Gasteiger partial charge in [0.15, 0.2) is 5.84 Å². The van der Waals surface area contributed by atoms with Crippen molar-refractivity contribution in [2.24, 2.45) is 10.9 Å². The van der Waals surface area contributed by atoms with Crippen LogP contribution in [0.3, 0.4) is 0 Å². The summed E-state index contributed by atoms with van der Waals surface area (Å²) < 4.78 is 5.61. The van der Waals surface area contributed by atoms with Crippen LogP contribution in [0.15, 0.2) is 23.4 Å². The van der Waals surface area contributed by atoms with Gasteiger partial charge in [-0.15, -0.1) is 0 Å². The monoisotopic (exact) mass is 283 g/mol. The smallest absolute Gasteiger partial charge is 0.172 e. The Morgan fingerprint density at radius 3 is 2.95 bits per heavy atom. The van der Waals surface area contributed by atoms with E-state index in [1.165, 1.54) is 0 Å². The summed E-state index contributed by atoms with van der Waals surface area (Å²) in [5.74, 6) is 0.0815. The summed E-state index contributed by atoms with van der Waals surface area (Å²) in [6.07, 6.45) is 0.135. The highest BCUT2D eigenvalue weighted by atomic mass is 35.5. The molecular weight excluding hydrogens is 266 g/mol. The number of nitrogens with two attached hydrogens (primary N) is 1. The van der Waals surface area contributed by atoms with Crippen molar-refractivity contribution in [1.82, 2.24) is 0 Å². The minimum atomic E-state index is 0.0815. The van der Waals surface area contributed by atoms with Gasteiger partial charge in [-0.05, 0) is 32.0 Å². The molecule has 0 amide bonds. The quantitative estimate of drug-likeness (QED) is 0.377. The number of hydrogen-bond acceptors (Lipinski definition) is 4. The van der Waals surface area contributed by atoms with Crippen molar-refractivity contribution in [2.45, 2.75) is 26.0 Å². The molecule has 1 aromatic carbocycles. The molecule has 1 saturated heterocycles. The van der Waals surface area contributed by atoms with Gasteiger partial charge in [-0.25, -0.2) is 0 Å². The van der Waals surface area contributed by atoms with Crippen molar-refractivity contribution in [2.75, 3.05) is 18.1 Å². The summed E-state index contributed by atoms with van der Waals surface area (Å²) in [6, 6.07) is 5.54. The standard InChI is InChI=1S/C13H18ClN3O2/c1-8-7-19-9(2)6-17(8)12-5-10(14)3-4-11(12)13(15)16-18/h3-5,8-9,18H,6-7H2,1-2H3,(H2,15,16). The van der Waals surface area contributed by atoms with Crippen molar-refractivity contribution in [3.8, 4) is 0 Å². The lowest BCUT2D eigenvalue weighted by Crippen LogP contribution is -2.48. The fourth-order valence-electron chi connectivity index (χ4n) is 2.25. The van der Waals surface area contributed by atoms with Crippen molar-refractivity contribution in [3.05, 3.63) is 28.8 Å². The van der Waals surface area contributed by atoms with Crippen LogP contribution >= 0.6 is 11.6 Å². The molecule has 104 valence electrons. The maximum absolute atomic E-state index is 8.88. The van der Waals surface area contributed by atoms with E-state index in [2.05, 4.69) is 17.0 Å². The van der Waals surface area contributed by atoms with Gasteiger partial charge in [0.2, 0.25) is 0 Å². The zero-order chi connectivity index (χ0) is 14.0. The molecule has 5 nitrogen and oxygen atoms in total. The normalized spacial score (nSPS) is 24.6. The summed E-state index contributed by atoms with van der Waals surface area (Å²) in [6.45, 7) is 5.48. The molecule has 1 aliphatic heterocycles. The van der Waals surface area contributed by atoms with E-state index < -0.39 is 0 Å². The molecule has 2 unspecified atom stereocenters. The molecule has 0 aromatic heterocycles. The molecule has 2 atom stereocenters. The molecule has 3 N–H and O–H groups in total. The molecule has 6 heteroatoms. The molecule has 1 heterocycles. The SMILES string of the molecule is CC1CN(c2cc(Cl)ccc2C(N)=NO)C(C)CO1. The zero-order valence-corrected chi connectivity index (χ0v) is 11.8. The highest BCUT2D eigenvalue weighted by molar-refractivity contribution is 6.31. The van der Waals surface area contributed by atoms with E-state index in [1.807, 2.05) is 13.0 Å². The van der Waals surface area contributed by atoms with Crippen LogP contribution in [0.5, 0.6) is 0 Å². The highest BCUT2D eigenvalue weighted by Gasteiger charge is 2.26. The first kappa shape index (κ1) is 14.0. The first-order valence-corrected chi connectivity index (χ1v) is 6.56. The van der Waals surface area contributed by atoms with Crippen molar-refractivity contribution in [3.63, 3.8) is 0 Å². The van der Waals surface area contributed by atoms with Crippen LogP contribution in [0.4, 0.5) is 5.69 Å². The van der Waals surface area contributed by atoms with Gasteiger partial charge >= 0.3 is 0 Å². The van der Waals surface area contributed by atoms with Gasteiger partial charge in [0, 0.05) is 28.9 Å². The third-order valence-corrected chi connectivity index (χ3v) is 3.50. The number of halogens is 1. The molecule has 1 aromatic rings. The number of morpholine rings is 1. The summed E-state index contributed by atoms with van der Waals surface area (Å²) in [5, 5.41) is 12.6. The van der Waals surface area contributed by atoms with E-state index in [-0.39, 0.29) is 18.0 Å². The summed E-state index contributed by atoms with van der Waals surface area (Å²) in [7, 11) is 0. The van der Waals surface area contributed by atoms with E-state index >= 15 is 0 Å². The van der Waals surface area contributed by atoms with Crippen LogP contribution in [0.2, 0.25) is 5.02 Å². The molecule has 2 rings (SSSR count). The van der Waals surface area contributed by atoms with Gasteiger partial charge in [0.25, 0.3) is 0 Å². The number of ether oxygens (including phenoxy) is 1. The number of anilines is 1. The molecule has 0 radical (unpaired) electrons. The lowest BCUT2D eigenvalue weighted by molar-refractivity contribution is 0.0343. The van der Waals surface area contributed by atoms with E-state index in [4.69, 9.17) is 27.3 Å². The molecule has 0 bridgehead atoms. The average Bonchev–Trinajstić information content (AvgIpc) is 2.40. The number of oxime groups is 1. The van der Waals surface area contributed by atoms with E-state index in [9.17, 15) is 0 Å². The molecule has 0 aliphatic carbocycles. The molecular formula is C13H18ClN3O2. The minimum Gasteiger partial charge on any atom is -0.409 e. The molecule has 1 fully saturated rings. The third kappa shape index (κ3) is 2.93. The van der Waals surface area contributed by atoms with Crippen molar-refractivity contribution >= 4 is 23.1 Å². The first-order valence-electron chi connectivity index (χ1n) is 6.18. The molecule has 1 aliphatic rings. The maximum atomic E-state index is 8.88. The second kappa shape index (κ2) is 5.67. The predicted molar refractivity (Wildman–Crippen MR) is 76.2 cm³/mol. The lowest BCUT2D eigenvalue weighted by atomic mass is 10.1. The van der Waals surface area contributed by atoms with Crippen molar-refractivity contribution in [1.29, 1.82) is 0 Å². The maximum Gasteiger partial charge on any atom is 0.172 e. The topological polar surface area (TPSA) is 71.1 Å². The van der Waals surface area contributed by atoms with Gasteiger partial charge in [0.1, 0.15) is 0 Å². The number of hydrogen-bond donors (Lipinski definition) is 2. The van der Waals surface area contributed by atoms with Crippen LogP contribution in [-0.2, 0) is 4.74 Å². The largest absolute Gasteiger partial charge is 0.409 e. The molecule has 0 spiro atoms. The second-order valence-electron chi connectivity index (χ2n) is 4.79. The fraction of sp³-hybridized carbons (Fsp3) is 0.462. The van der Waals surface area contributed by atoms with Gasteiger partial charge in [-0.1, -0.05) is 16.8 Å². The van der Waals surface area contributed by atoms with Crippen LogP contribution < -0.4 is 10.6 Å². The third-order valence-electron chi connectivity index (χ3n) is 3.26. The Morgan fingerprint density at radius 2 is 2.26 bits per heavy atom. The Balaban J connectivity index is 2.44. The Bertz CT molecular complexity index is 493. The lowest BCUT2D eigenvalue weighted by Gasteiger charge is -2.39. The summed E-state index contributed by atoms with van der Waals surface area (Å²) in [4.78, 5) is 2.17. The fourth-order valence-corrected chi connectivity index (χ4v) is 2.42. The van der Waals surface area contributed by atoms with Gasteiger partial charge in [0.05, 0.1) is 12.7 Å². The zero-order valence-electron chi connectivity index (χ0n) is 11.0. The second-order valence-corrected chi connectivity index (χ2v) is 5.23. The molecule has 19 heavy (non-hydrogen) atoms. The van der Waals surface area contributed by atoms with Gasteiger partial charge in [-0.2, -0.15) is 0 Å². The van der Waals surface area contributed by atoms with Gasteiger partial charge in [-0.3, -0.25) is 0 Å². The van der Waals surface area contributed by atoms with E-state index in [0.29, 0.717) is 17.2 Å². The van der Waals surface area contributed by atoms with Crippen LogP contribution in [0.1, 0.15) is 19.4 Å². The van der Waals surface area contributed by atoms with Crippen molar-refractivity contribution < 1.29 is 9.94 Å². The van der Waals surface area contributed by atoms with Crippen LogP contribution in [0.25, 0.3) is 0 Å². The number of nitrogens with zero attached hydrogens (tertiary/aromatic N) is 2. The number of amidine groups is 1. The Morgan fingerprint density at radius 1 is 1.53 bits per heavy atom. The Kier molecular flexibility index (Phi) is 4.17. The first-order chi connectivity index (χ1) is 9.02. The number of benzene rings is 1. The Hall–Kier alpha value is -1.46. The number of rotatable bonds is 2. The van der Waals surface area contributed by atoms with E-state index in [0.717, 1.165) is 12.2 Å². The van der Waals surface area contributed by atoms with Gasteiger partial charge < -0.3 is 20.6 Å². The average molecular weight is 284 g/mol. The van der Waals surface area contributed by atoms with E-state index in [1.54, 1.807) is 12.1 Å². The summed E-state index contributed by atoms with van der Waals surface area (Å²) >= 11 is 6.07. The Labute approximate surface area is 117 Å². The molecule has 0 saturated carbocycles. The van der Waals surface area contributed by atoms with Crippen LogP contribution in [0, 0.1) is 0 Å². The summed E-state index contributed by atoms with van der Waals surface area (Å²) in [5.41, 5.74) is 7.27. The van der Waals surface area contributed by atoms with Crippen LogP contribution in [-0.4, -0.2) is 36.3 Å². The minimum absolute atomic E-state index is 0.0815. The predicted octanol–water partition coefficient (Wildman–Crippen LogP) is 2.05. The highest BCUT2D eigenvalue weighted by Crippen LogP contribution is 2.28.